The Bertz CT molecular complexity index is 993. The molecule has 158 valence electrons. The first-order valence-corrected chi connectivity index (χ1v) is 10.3. The van der Waals surface area contributed by atoms with Crippen molar-refractivity contribution in [3.8, 4) is 5.88 Å². The molecule has 8 heteroatoms. The predicted octanol–water partition coefficient (Wildman–Crippen LogP) is 3.52. The van der Waals surface area contributed by atoms with Gasteiger partial charge in [-0.2, -0.15) is 5.10 Å². The van der Waals surface area contributed by atoms with Crippen LogP contribution in [0, 0.1) is 0 Å². The number of carbonyl (C=O) groups excluding carboxylic acids is 1. The third-order valence-electron chi connectivity index (χ3n) is 5.52. The number of hydrogen-bond acceptors (Lipinski definition) is 5. The smallest absolute Gasteiger partial charge is 0.254 e. The molecule has 2 N–H and O–H groups in total. The van der Waals surface area contributed by atoms with Crippen LogP contribution in [0.4, 0.5) is 4.39 Å². The fraction of sp³-hybridized carbons (Fsp3) is 0.409. The monoisotopic (exact) mass is 411 g/mol. The fourth-order valence-electron chi connectivity index (χ4n) is 3.80. The lowest BCUT2D eigenvalue weighted by atomic mass is 9.89. The van der Waals surface area contributed by atoms with E-state index >= 15 is 0 Å². The second-order valence-corrected chi connectivity index (χ2v) is 7.80. The van der Waals surface area contributed by atoms with Gasteiger partial charge in [-0.1, -0.05) is 26.0 Å². The first-order valence-electron chi connectivity index (χ1n) is 10.3. The highest BCUT2D eigenvalue weighted by molar-refractivity contribution is 5.95. The van der Waals surface area contributed by atoms with Gasteiger partial charge in [-0.3, -0.25) is 4.79 Å². The van der Waals surface area contributed by atoms with Gasteiger partial charge in [0, 0.05) is 30.6 Å². The van der Waals surface area contributed by atoms with Gasteiger partial charge < -0.3 is 15.4 Å². The number of ether oxygens (including phenoxy) is 1. The van der Waals surface area contributed by atoms with Gasteiger partial charge in [0.1, 0.15) is 6.10 Å². The molecule has 5 rings (SSSR count). The van der Waals surface area contributed by atoms with E-state index in [2.05, 4.69) is 27.3 Å². The Morgan fingerprint density at radius 2 is 2.17 bits per heavy atom. The lowest BCUT2D eigenvalue weighted by Gasteiger charge is -2.36. The van der Waals surface area contributed by atoms with Crippen LogP contribution in [0.25, 0.3) is 6.20 Å². The summed E-state index contributed by atoms with van der Waals surface area (Å²) < 4.78 is 22.4. The molecule has 7 nitrogen and oxygen atoms in total. The topological polar surface area (TPSA) is 81.1 Å². The van der Waals surface area contributed by atoms with E-state index in [1.165, 1.54) is 17.1 Å². The van der Waals surface area contributed by atoms with Crippen LogP contribution < -0.4 is 15.4 Å². The van der Waals surface area contributed by atoms with Gasteiger partial charge >= 0.3 is 0 Å². The molecule has 2 aliphatic heterocycles. The van der Waals surface area contributed by atoms with E-state index in [0.717, 1.165) is 12.0 Å². The van der Waals surface area contributed by atoms with E-state index < -0.39 is 5.83 Å². The van der Waals surface area contributed by atoms with Gasteiger partial charge in [0.2, 0.25) is 5.88 Å². The summed E-state index contributed by atoms with van der Waals surface area (Å²) in [6.07, 6.45) is 7.23. The van der Waals surface area contributed by atoms with Crippen LogP contribution in [-0.2, 0) is 6.42 Å². The van der Waals surface area contributed by atoms with E-state index in [4.69, 9.17) is 4.74 Å². The molecule has 0 aromatic carbocycles. The van der Waals surface area contributed by atoms with Crippen LogP contribution in [0.2, 0.25) is 0 Å². The molecular weight excluding hydrogens is 385 g/mol. The van der Waals surface area contributed by atoms with Crippen LogP contribution in [0.1, 0.15) is 60.8 Å². The molecule has 0 radical (unpaired) electrons. The summed E-state index contributed by atoms with van der Waals surface area (Å²) in [5, 5.41) is 10.3. The number of nitrogens with one attached hydrogen (secondary N) is 2. The Morgan fingerprint density at radius 3 is 2.93 bits per heavy atom. The van der Waals surface area contributed by atoms with Crippen LogP contribution in [0.3, 0.4) is 0 Å². The number of fused-ring (bicyclic) bond motifs is 4. The van der Waals surface area contributed by atoms with Crippen molar-refractivity contribution in [1.29, 1.82) is 0 Å². The molecular formula is C22H26FN5O2. The fourth-order valence-corrected chi connectivity index (χ4v) is 3.80. The zero-order chi connectivity index (χ0) is 21.3. The molecule has 1 amide bonds. The Morgan fingerprint density at radius 1 is 1.37 bits per heavy atom. The Kier molecular flexibility index (Phi) is 5.57. The highest BCUT2D eigenvalue weighted by atomic mass is 19.1. The standard InChI is InChI=1S/C22H26FN5O2/c1-4-6-20-18-11-25-28(20)12-19(23)14(3)26-13(2)17-7-5-8-24-22(17)30-16-9-15(10-16)27-21(18)29/h5,7-8,11-13,15-16,26H,3-4,6,9-10H2,1-2H3,(H,27,29)/b19-12+. The highest BCUT2D eigenvalue weighted by Crippen LogP contribution is 2.31. The van der Waals surface area contributed by atoms with Crippen LogP contribution >= 0.6 is 0 Å². The van der Waals surface area contributed by atoms with E-state index in [1.54, 1.807) is 6.20 Å². The minimum Gasteiger partial charge on any atom is -0.474 e. The molecule has 1 aliphatic carbocycles. The zero-order valence-corrected chi connectivity index (χ0v) is 17.2. The number of allylic oxidation sites excluding steroid dienone is 1. The van der Waals surface area contributed by atoms with Crippen molar-refractivity contribution < 1.29 is 13.9 Å². The summed E-state index contributed by atoms with van der Waals surface area (Å²) in [4.78, 5) is 17.1. The largest absolute Gasteiger partial charge is 0.474 e. The van der Waals surface area contributed by atoms with Crippen molar-refractivity contribution >= 4 is 12.1 Å². The van der Waals surface area contributed by atoms with Crippen molar-refractivity contribution in [2.75, 3.05) is 0 Å². The maximum absolute atomic E-state index is 14.9. The summed E-state index contributed by atoms with van der Waals surface area (Å²) >= 11 is 0. The third kappa shape index (κ3) is 3.94. The average molecular weight is 411 g/mol. The van der Waals surface area contributed by atoms with E-state index in [1.807, 2.05) is 26.0 Å². The van der Waals surface area contributed by atoms with Crippen LogP contribution in [-0.4, -0.2) is 32.8 Å². The molecule has 1 saturated carbocycles. The molecule has 2 aromatic rings. The number of hydrogen-bond donors (Lipinski definition) is 2. The quantitative estimate of drug-likeness (QED) is 0.790. The summed E-state index contributed by atoms with van der Waals surface area (Å²) in [6, 6.07) is 3.49. The van der Waals surface area contributed by atoms with Gasteiger partial charge in [-0.25, -0.2) is 14.1 Å². The molecule has 0 saturated heterocycles. The molecule has 1 fully saturated rings. The minimum absolute atomic E-state index is 0.0262. The number of rotatable bonds is 2. The zero-order valence-electron chi connectivity index (χ0n) is 17.2. The van der Waals surface area contributed by atoms with Gasteiger partial charge in [-0.05, 0) is 19.4 Å². The maximum Gasteiger partial charge on any atom is 0.254 e. The number of nitrogens with zero attached hydrogens (tertiary/aromatic N) is 3. The summed E-state index contributed by atoms with van der Waals surface area (Å²) in [6.45, 7) is 7.74. The Labute approximate surface area is 175 Å². The molecule has 1 unspecified atom stereocenters. The van der Waals surface area contributed by atoms with Crippen molar-refractivity contribution in [1.82, 2.24) is 25.4 Å². The third-order valence-corrected chi connectivity index (χ3v) is 5.52. The highest BCUT2D eigenvalue weighted by Gasteiger charge is 2.34. The van der Waals surface area contributed by atoms with E-state index in [9.17, 15) is 9.18 Å². The lowest BCUT2D eigenvalue weighted by Crippen LogP contribution is -2.49. The van der Waals surface area contributed by atoms with Crippen molar-refractivity contribution in [2.24, 2.45) is 0 Å². The molecule has 4 heterocycles. The normalized spacial score (nSPS) is 25.7. The van der Waals surface area contributed by atoms with E-state index in [-0.39, 0.29) is 29.8 Å². The van der Waals surface area contributed by atoms with Crippen molar-refractivity contribution in [2.45, 2.75) is 57.7 Å². The van der Waals surface area contributed by atoms with Gasteiger partial charge in [0.25, 0.3) is 5.91 Å². The molecule has 1 atom stereocenters. The predicted molar refractivity (Wildman–Crippen MR) is 111 cm³/mol. The van der Waals surface area contributed by atoms with Crippen molar-refractivity contribution in [3.63, 3.8) is 0 Å². The van der Waals surface area contributed by atoms with Crippen LogP contribution in [0.5, 0.6) is 5.88 Å². The average Bonchev–Trinajstić information content (AvgIpc) is 3.08. The number of pyridine rings is 1. The second kappa shape index (κ2) is 8.30. The molecule has 4 bridgehead atoms. The van der Waals surface area contributed by atoms with Crippen molar-refractivity contribution in [3.05, 3.63) is 59.5 Å². The number of aromatic nitrogens is 3. The molecule has 0 spiro atoms. The molecule has 30 heavy (non-hydrogen) atoms. The lowest BCUT2D eigenvalue weighted by molar-refractivity contribution is 0.0670. The number of halogens is 1. The SMILES string of the molecule is C=C1NC(C)c2cccnc2OC2CC(C2)NC(=O)c2cnn(c2CCC)/C=C\1F. The summed E-state index contributed by atoms with van der Waals surface area (Å²) in [7, 11) is 0. The number of carbonyl (C=O) groups is 1. The van der Waals surface area contributed by atoms with Crippen LogP contribution in [0.15, 0.2) is 42.6 Å². The van der Waals surface area contributed by atoms with E-state index in [0.29, 0.717) is 36.4 Å². The first kappa shape index (κ1) is 20.1. The number of amides is 1. The molecule has 3 aliphatic rings. The Balaban J connectivity index is 1.71. The van der Waals surface area contributed by atoms with Gasteiger partial charge in [0.15, 0.2) is 5.83 Å². The van der Waals surface area contributed by atoms with Gasteiger partial charge in [-0.15, -0.1) is 0 Å². The minimum atomic E-state index is -0.560. The first-order chi connectivity index (χ1) is 14.5. The van der Waals surface area contributed by atoms with Gasteiger partial charge in [0.05, 0.1) is 35.4 Å². The summed E-state index contributed by atoms with van der Waals surface area (Å²) in [5.74, 6) is -0.245. The second-order valence-electron chi connectivity index (χ2n) is 7.80. The summed E-state index contributed by atoms with van der Waals surface area (Å²) in [5.41, 5.74) is 2.09. The maximum atomic E-state index is 14.9. The Hall–Kier alpha value is -3.16. The molecule has 2 aromatic heterocycles.